The molecule has 1 fully saturated rings. The first-order chi connectivity index (χ1) is 9.97. The molecule has 1 N–H and O–H groups in total. The highest BCUT2D eigenvalue weighted by molar-refractivity contribution is 5.82. The molecule has 0 saturated heterocycles. The second-order valence-corrected chi connectivity index (χ2v) is 6.39. The van der Waals surface area contributed by atoms with Gasteiger partial charge in [0.15, 0.2) is 0 Å². The highest BCUT2D eigenvalue weighted by Gasteiger charge is 2.38. The summed E-state index contributed by atoms with van der Waals surface area (Å²) in [6.07, 6.45) is 6.05. The Morgan fingerprint density at radius 2 is 1.86 bits per heavy atom. The zero-order valence-electron chi connectivity index (χ0n) is 13.7. The van der Waals surface area contributed by atoms with E-state index in [0.717, 1.165) is 18.4 Å². The van der Waals surface area contributed by atoms with Gasteiger partial charge in [-0.1, -0.05) is 37.5 Å². The van der Waals surface area contributed by atoms with E-state index < -0.39 is 5.54 Å². The van der Waals surface area contributed by atoms with Crippen molar-refractivity contribution in [2.75, 3.05) is 7.11 Å². The fourth-order valence-electron chi connectivity index (χ4n) is 3.17. The van der Waals surface area contributed by atoms with E-state index in [4.69, 9.17) is 4.74 Å². The first-order valence-electron chi connectivity index (χ1n) is 7.91. The lowest BCUT2D eigenvalue weighted by atomic mass is 9.86. The molecule has 116 valence electrons. The Morgan fingerprint density at radius 1 is 1.19 bits per heavy atom. The van der Waals surface area contributed by atoms with Crippen molar-refractivity contribution in [3.63, 3.8) is 0 Å². The SMILES string of the molecule is COC(=O)C(C)(NC1CCCCC1)c1ccc(C)c(C)c1. The minimum atomic E-state index is -0.769. The van der Waals surface area contributed by atoms with Gasteiger partial charge in [-0.05, 0) is 50.3 Å². The van der Waals surface area contributed by atoms with Crippen LogP contribution in [0.1, 0.15) is 55.7 Å². The lowest BCUT2D eigenvalue weighted by Gasteiger charge is -2.35. The molecule has 0 aromatic heterocycles. The van der Waals surface area contributed by atoms with Gasteiger partial charge in [-0.3, -0.25) is 5.32 Å². The van der Waals surface area contributed by atoms with Crippen LogP contribution in [0.5, 0.6) is 0 Å². The fourth-order valence-corrected chi connectivity index (χ4v) is 3.17. The third-order valence-corrected chi connectivity index (χ3v) is 4.78. The number of hydrogen-bond donors (Lipinski definition) is 1. The molecule has 0 spiro atoms. The zero-order chi connectivity index (χ0) is 15.5. The van der Waals surface area contributed by atoms with E-state index >= 15 is 0 Å². The largest absolute Gasteiger partial charge is 0.467 e. The maximum Gasteiger partial charge on any atom is 0.330 e. The second-order valence-electron chi connectivity index (χ2n) is 6.39. The Kier molecular flexibility index (Phi) is 5.04. The van der Waals surface area contributed by atoms with Crippen LogP contribution in [0.25, 0.3) is 0 Å². The van der Waals surface area contributed by atoms with Crippen molar-refractivity contribution in [1.29, 1.82) is 0 Å². The van der Waals surface area contributed by atoms with Crippen molar-refractivity contribution in [1.82, 2.24) is 5.32 Å². The van der Waals surface area contributed by atoms with Gasteiger partial charge < -0.3 is 4.74 Å². The summed E-state index contributed by atoms with van der Waals surface area (Å²) in [6, 6.07) is 6.61. The fraction of sp³-hybridized carbons (Fsp3) is 0.611. The summed E-state index contributed by atoms with van der Waals surface area (Å²) < 4.78 is 5.08. The van der Waals surface area contributed by atoms with E-state index in [1.54, 1.807) is 0 Å². The summed E-state index contributed by atoms with van der Waals surface area (Å²) in [5.74, 6) is -0.212. The molecular formula is C18H27NO2. The van der Waals surface area contributed by atoms with Crippen molar-refractivity contribution in [2.45, 2.75) is 64.5 Å². The van der Waals surface area contributed by atoms with E-state index in [1.807, 2.05) is 13.0 Å². The Balaban J connectivity index is 2.31. The normalized spacial score (nSPS) is 19.0. The lowest BCUT2D eigenvalue weighted by Crippen LogP contribution is -2.52. The average molecular weight is 289 g/mol. The summed E-state index contributed by atoms with van der Waals surface area (Å²) >= 11 is 0. The van der Waals surface area contributed by atoms with Gasteiger partial charge >= 0.3 is 5.97 Å². The molecule has 0 amide bonds. The summed E-state index contributed by atoms with van der Waals surface area (Å²) in [6.45, 7) is 6.11. The Labute approximate surface area is 128 Å². The molecule has 3 heteroatoms. The third-order valence-electron chi connectivity index (χ3n) is 4.78. The summed E-state index contributed by atoms with van der Waals surface area (Å²) in [4.78, 5) is 12.4. The van der Waals surface area contributed by atoms with Gasteiger partial charge in [0.25, 0.3) is 0 Å². The van der Waals surface area contributed by atoms with Gasteiger partial charge in [-0.15, -0.1) is 0 Å². The van der Waals surface area contributed by atoms with Gasteiger partial charge in [-0.25, -0.2) is 4.79 Å². The molecule has 2 rings (SSSR count). The smallest absolute Gasteiger partial charge is 0.330 e. The number of carbonyl (C=O) groups excluding carboxylic acids is 1. The van der Waals surface area contributed by atoms with Crippen molar-refractivity contribution in [2.24, 2.45) is 0 Å². The lowest BCUT2D eigenvalue weighted by molar-refractivity contribution is -0.148. The maximum absolute atomic E-state index is 12.4. The minimum Gasteiger partial charge on any atom is -0.467 e. The van der Waals surface area contributed by atoms with Crippen LogP contribution in [0.3, 0.4) is 0 Å². The van der Waals surface area contributed by atoms with Crippen LogP contribution in [0, 0.1) is 13.8 Å². The molecule has 1 unspecified atom stereocenters. The molecule has 1 aromatic carbocycles. The number of benzene rings is 1. The van der Waals surface area contributed by atoms with Crippen LogP contribution in [-0.4, -0.2) is 19.1 Å². The highest BCUT2D eigenvalue weighted by atomic mass is 16.5. The van der Waals surface area contributed by atoms with Crippen molar-refractivity contribution in [3.8, 4) is 0 Å². The molecule has 1 aromatic rings. The van der Waals surface area contributed by atoms with Crippen molar-refractivity contribution >= 4 is 5.97 Å². The molecule has 0 bridgehead atoms. The molecule has 0 aliphatic heterocycles. The number of esters is 1. The van der Waals surface area contributed by atoms with Crippen molar-refractivity contribution in [3.05, 3.63) is 34.9 Å². The molecule has 1 aliphatic carbocycles. The number of carbonyl (C=O) groups is 1. The molecule has 21 heavy (non-hydrogen) atoms. The molecular weight excluding hydrogens is 262 g/mol. The van der Waals surface area contributed by atoms with E-state index in [9.17, 15) is 4.79 Å². The number of nitrogens with one attached hydrogen (secondary N) is 1. The first kappa shape index (κ1) is 16.0. The van der Waals surface area contributed by atoms with Gasteiger partial charge in [-0.2, -0.15) is 0 Å². The molecule has 3 nitrogen and oxygen atoms in total. The number of aryl methyl sites for hydroxylation is 2. The van der Waals surface area contributed by atoms with Gasteiger partial charge in [0.05, 0.1) is 7.11 Å². The molecule has 0 radical (unpaired) electrons. The van der Waals surface area contributed by atoms with Crippen LogP contribution < -0.4 is 5.32 Å². The number of ether oxygens (including phenoxy) is 1. The van der Waals surface area contributed by atoms with Crippen LogP contribution in [0.15, 0.2) is 18.2 Å². The molecule has 0 heterocycles. The van der Waals surface area contributed by atoms with Crippen LogP contribution in [0.4, 0.5) is 0 Å². The predicted octanol–water partition coefficient (Wildman–Crippen LogP) is 3.61. The monoisotopic (exact) mass is 289 g/mol. The summed E-state index contributed by atoms with van der Waals surface area (Å²) in [7, 11) is 1.46. The van der Waals surface area contributed by atoms with E-state index in [-0.39, 0.29) is 5.97 Å². The molecule has 1 atom stereocenters. The predicted molar refractivity (Wildman–Crippen MR) is 85.3 cm³/mol. The van der Waals surface area contributed by atoms with Gasteiger partial charge in [0.2, 0.25) is 0 Å². The van der Waals surface area contributed by atoms with Gasteiger partial charge in [0, 0.05) is 6.04 Å². The summed E-state index contributed by atoms with van der Waals surface area (Å²) in [5, 5.41) is 3.57. The van der Waals surface area contributed by atoms with Crippen LogP contribution >= 0.6 is 0 Å². The molecule has 1 aliphatic rings. The topological polar surface area (TPSA) is 38.3 Å². The summed E-state index contributed by atoms with van der Waals surface area (Å²) in [5.41, 5.74) is 2.66. The van der Waals surface area contributed by atoms with E-state index in [0.29, 0.717) is 6.04 Å². The first-order valence-corrected chi connectivity index (χ1v) is 7.91. The highest BCUT2D eigenvalue weighted by Crippen LogP contribution is 2.28. The van der Waals surface area contributed by atoms with Crippen molar-refractivity contribution < 1.29 is 9.53 Å². The minimum absolute atomic E-state index is 0.212. The zero-order valence-corrected chi connectivity index (χ0v) is 13.7. The van der Waals surface area contributed by atoms with Crippen LogP contribution in [-0.2, 0) is 15.1 Å². The number of rotatable bonds is 4. The van der Waals surface area contributed by atoms with Crippen LogP contribution in [0.2, 0.25) is 0 Å². The van der Waals surface area contributed by atoms with Gasteiger partial charge in [0.1, 0.15) is 5.54 Å². The quantitative estimate of drug-likeness (QED) is 0.860. The Hall–Kier alpha value is -1.35. The number of hydrogen-bond acceptors (Lipinski definition) is 3. The number of methoxy groups -OCH3 is 1. The standard InChI is InChI=1S/C18H27NO2/c1-13-10-11-15(12-14(13)2)18(3,17(20)21-4)19-16-8-6-5-7-9-16/h10-12,16,19H,5-9H2,1-4H3. The second kappa shape index (κ2) is 6.61. The molecule has 1 saturated carbocycles. The maximum atomic E-state index is 12.4. The Bertz CT molecular complexity index is 506. The van der Waals surface area contributed by atoms with E-state index in [1.165, 1.54) is 37.5 Å². The average Bonchev–Trinajstić information content (AvgIpc) is 2.50. The third kappa shape index (κ3) is 3.46. The Morgan fingerprint density at radius 3 is 2.43 bits per heavy atom. The van der Waals surface area contributed by atoms with E-state index in [2.05, 4.69) is 31.3 Å².